The van der Waals surface area contributed by atoms with E-state index in [9.17, 15) is 21.8 Å². The minimum absolute atomic E-state index is 0.0502. The van der Waals surface area contributed by atoms with E-state index in [1.54, 1.807) is 20.8 Å². The highest BCUT2D eigenvalue weighted by Crippen LogP contribution is 2.24. The van der Waals surface area contributed by atoms with E-state index in [0.29, 0.717) is 0 Å². The van der Waals surface area contributed by atoms with Crippen molar-refractivity contribution in [2.24, 2.45) is 0 Å². The van der Waals surface area contributed by atoms with Crippen LogP contribution in [0.3, 0.4) is 0 Å². The van der Waals surface area contributed by atoms with Crippen molar-refractivity contribution in [1.29, 1.82) is 0 Å². The third-order valence-corrected chi connectivity index (χ3v) is 4.00. The van der Waals surface area contributed by atoms with Crippen LogP contribution in [0.15, 0.2) is 18.2 Å². The van der Waals surface area contributed by atoms with Crippen molar-refractivity contribution < 1.29 is 21.8 Å². The van der Waals surface area contributed by atoms with Crippen molar-refractivity contribution in [3.8, 4) is 0 Å². The second-order valence-electron chi connectivity index (χ2n) is 5.25. The summed E-state index contributed by atoms with van der Waals surface area (Å²) in [6.45, 7) is 4.68. The summed E-state index contributed by atoms with van der Waals surface area (Å²) < 4.78 is 64.7. The Hall–Kier alpha value is -1.02. The smallest absolute Gasteiger partial charge is 0.242 e. The van der Waals surface area contributed by atoms with Crippen molar-refractivity contribution >= 4 is 11.0 Å². The maximum absolute atomic E-state index is 12.9. The van der Waals surface area contributed by atoms with E-state index < -0.39 is 40.3 Å². The van der Waals surface area contributed by atoms with E-state index >= 15 is 0 Å². The Morgan fingerprint density at radius 2 is 1.90 bits per heavy atom. The molecule has 0 aliphatic heterocycles. The Morgan fingerprint density at radius 1 is 1.30 bits per heavy atom. The van der Waals surface area contributed by atoms with Crippen molar-refractivity contribution in [3.05, 3.63) is 29.8 Å². The molecule has 8 heteroatoms. The third-order valence-electron chi connectivity index (χ3n) is 2.39. The van der Waals surface area contributed by atoms with Crippen LogP contribution in [0.2, 0.25) is 0 Å². The molecule has 2 atom stereocenters. The lowest BCUT2D eigenvalue weighted by Crippen LogP contribution is -2.48. The SMILES string of the molecule is CC(C)(C)S(=O)N[C@@H](Cc1cccc(F)n1)C(F)(F)F. The highest BCUT2D eigenvalue weighted by molar-refractivity contribution is 7.84. The van der Waals surface area contributed by atoms with Gasteiger partial charge in [-0.2, -0.15) is 17.6 Å². The Bertz CT molecular complexity index is 485. The molecular formula is C12H16F4N2OS. The molecular weight excluding hydrogens is 296 g/mol. The van der Waals surface area contributed by atoms with Crippen molar-refractivity contribution in [1.82, 2.24) is 9.71 Å². The molecule has 0 amide bonds. The number of alkyl halides is 3. The van der Waals surface area contributed by atoms with Gasteiger partial charge in [-0.1, -0.05) is 6.07 Å². The fourth-order valence-electron chi connectivity index (χ4n) is 1.30. The van der Waals surface area contributed by atoms with Crippen molar-refractivity contribution in [2.45, 2.75) is 44.2 Å². The van der Waals surface area contributed by atoms with Gasteiger partial charge < -0.3 is 0 Å². The van der Waals surface area contributed by atoms with Gasteiger partial charge in [0.15, 0.2) is 0 Å². The van der Waals surface area contributed by atoms with Crippen LogP contribution in [0.4, 0.5) is 17.6 Å². The normalized spacial score (nSPS) is 15.9. The molecule has 0 spiro atoms. The van der Waals surface area contributed by atoms with E-state index in [-0.39, 0.29) is 5.69 Å². The number of pyridine rings is 1. The monoisotopic (exact) mass is 312 g/mol. The van der Waals surface area contributed by atoms with E-state index in [1.165, 1.54) is 12.1 Å². The fraction of sp³-hybridized carbons (Fsp3) is 0.583. The number of halogens is 4. The summed E-state index contributed by atoms with van der Waals surface area (Å²) in [7, 11) is -1.88. The van der Waals surface area contributed by atoms with E-state index in [2.05, 4.69) is 4.98 Å². The van der Waals surface area contributed by atoms with Gasteiger partial charge in [-0.15, -0.1) is 0 Å². The Kier molecular flexibility index (Phi) is 5.26. The predicted octanol–water partition coefficient (Wildman–Crippen LogP) is 2.75. The van der Waals surface area contributed by atoms with Crippen LogP contribution < -0.4 is 4.72 Å². The zero-order valence-electron chi connectivity index (χ0n) is 11.3. The third kappa shape index (κ3) is 5.16. The first-order valence-corrected chi connectivity index (χ1v) is 7.01. The molecule has 3 nitrogen and oxygen atoms in total. The van der Waals surface area contributed by atoms with Gasteiger partial charge >= 0.3 is 6.18 Å². The highest BCUT2D eigenvalue weighted by atomic mass is 32.2. The van der Waals surface area contributed by atoms with Gasteiger partial charge in [0, 0.05) is 12.1 Å². The average molecular weight is 312 g/mol. The minimum atomic E-state index is -4.60. The van der Waals surface area contributed by atoms with Crippen LogP contribution in [0.1, 0.15) is 26.5 Å². The summed E-state index contributed by atoms with van der Waals surface area (Å²) in [5.41, 5.74) is -0.0502. The number of hydrogen-bond acceptors (Lipinski definition) is 2. The molecule has 0 aromatic carbocycles. The molecule has 1 aromatic heterocycles. The second kappa shape index (κ2) is 6.17. The molecule has 1 unspecified atom stereocenters. The topological polar surface area (TPSA) is 42.0 Å². The van der Waals surface area contributed by atoms with Crippen molar-refractivity contribution in [3.63, 3.8) is 0 Å². The molecule has 1 rings (SSSR count). The number of nitrogens with one attached hydrogen (secondary N) is 1. The van der Waals surface area contributed by atoms with Gasteiger partial charge in [-0.3, -0.25) is 0 Å². The molecule has 0 radical (unpaired) electrons. The molecule has 0 aliphatic carbocycles. The van der Waals surface area contributed by atoms with Gasteiger partial charge in [0.05, 0.1) is 15.7 Å². The molecule has 0 saturated carbocycles. The maximum Gasteiger partial charge on any atom is 0.405 e. The molecule has 0 aliphatic rings. The molecule has 1 aromatic rings. The zero-order valence-corrected chi connectivity index (χ0v) is 12.1. The lowest BCUT2D eigenvalue weighted by molar-refractivity contribution is -0.150. The summed E-state index contributed by atoms with van der Waals surface area (Å²) >= 11 is 0. The second-order valence-corrected chi connectivity index (χ2v) is 7.25. The molecule has 0 saturated heterocycles. The fourth-order valence-corrected chi connectivity index (χ4v) is 2.13. The van der Waals surface area contributed by atoms with Crippen LogP contribution in [0.5, 0.6) is 0 Å². The molecule has 20 heavy (non-hydrogen) atoms. The van der Waals surface area contributed by atoms with Crippen LogP contribution in [-0.2, 0) is 17.4 Å². The summed E-state index contributed by atoms with van der Waals surface area (Å²) in [5, 5.41) is 0. The lowest BCUT2D eigenvalue weighted by atomic mass is 10.1. The average Bonchev–Trinajstić information content (AvgIpc) is 2.25. The van der Waals surface area contributed by atoms with Crippen LogP contribution in [-0.4, -0.2) is 26.2 Å². The first-order valence-electron chi connectivity index (χ1n) is 5.86. The van der Waals surface area contributed by atoms with Crippen LogP contribution >= 0.6 is 0 Å². The Balaban J connectivity index is 2.89. The number of rotatable bonds is 4. The maximum atomic E-state index is 12.9. The number of nitrogens with zero attached hydrogens (tertiary/aromatic N) is 1. The summed E-state index contributed by atoms with van der Waals surface area (Å²) in [6, 6.07) is 1.58. The van der Waals surface area contributed by atoms with Gasteiger partial charge in [0.25, 0.3) is 0 Å². The van der Waals surface area contributed by atoms with E-state index in [4.69, 9.17) is 0 Å². The first kappa shape index (κ1) is 17.0. The molecule has 0 fully saturated rings. The summed E-state index contributed by atoms with van der Waals surface area (Å²) in [5.74, 6) is -0.847. The highest BCUT2D eigenvalue weighted by Gasteiger charge is 2.42. The molecule has 1 N–H and O–H groups in total. The van der Waals surface area contributed by atoms with Gasteiger partial charge in [-0.25, -0.2) is 13.9 Å². The minimum Gasteiger partial charge on any atom is -0.242 e. The first-order chi connectivity index (χ1) is 9.00. The number of hydrogen-bond donors (Lipinski definition) is 1. The van der Waals surface area contributed by atoms with Crippen LogP contribution in [0, 0.1) is 5.95 Å². The summed E-state index contributed by atoms with van der Waals surface area (Å²) in [6.07, 6.45) is -5.18. The van der Waals surface area contributed by atoms with Gasteiger partial charge in [-0.05, 0) is 32.9 Å². The predicted molar refractivity (Wildman–Crippen MR) is 68.8 cm³/mol. The largest absolute Gasteiger partial charge is 0.405 e. The van der Waals surface area contributed by atoms with E-state index in [0.717, 1.165) is 6.07 Å². The number of aromatic nitrogens is 1. The van der Waals surface area contributed by atoms with Gasteiger partial charge in [0.1, 0.15) is 6.04 Å². The molecule has 114 valence electrons. The summed E-state index contributed by atoms with van der Waals surface area (Å²) in [4.78, 5) is 3.39. The standard InChI is InChI=1S/C12H16F4N2OS/c1-11(2,3)20(19)18-9(12(14,15)16)7-8-5-4-6-10(13)17-8/h4-6,9,18H,7H2,1-3H3/t9-,20?/m0/s1. The van der Waals surface area contributed by atoms with Crippen molar-refractivity contribution in [2.75, 3.05) is 0 Å². The Labute approximate surface area is 117 Å². The van der Waals surface area contributed by atoms with E-state index in [1.807, 2.05) is 4.72 Å². The molecule has 0 bridgehead atoms. The quantitative estimate of drug-likeness (QED) is 0.686. The molecule has 1 heterocycles. The van der Waals surface area contributed by atoms with Gasteiger partial charge in [0.2, 0.25) is 5.95 Å². The lowest BCUT2D eigenvalue weighted by Gasteiger charge is -2.25. The van der Waals surface area contributed by atoms with Crippen LogP contribution in [0.25, 0.3) is 0 Å². The Morgan fingerprint density at radius 3 is 2.35 bits per heavy atom. The zero-order chi connectivity index (χ0) is 15.6.